The number of nitrogens with zero attached hydrogens (tertiary/aromatic N) is 4. The van der Waals surface area contributed by atoms with E-state index >= 15 is 0 Å². The number of primary amides is 1. The van der Waals surface area contributed by atoms with E-state index in [1.165, 1.54) is 4.68 Å². The molecule has 2 amide bonds. The molecule has 0 unspecified atom stereocenters. The van der Waals surface area contributed by atoms with Crippen LogP contribution in [0, 0.1) is 5.92 Å². The van der Waals surface area contributed by atoms with Crippen LogP contribution in [0.15, 0.2) is 18.5 Å². The molecule has 1 aliphatic carbocycles. The van der Waals surface area contributed by atoms with E-state index in [1.54, 1.807) is 37.2 Å². The number of fused-ring (bicyclic) bond motifs is 2. The monoisotopic (exact) mass is 413 g/mol. The summed E-state index contributed by atoms with van der Waals surface area (Å²) >= 11 is 0. The minimum atomic E-state index is -0.805. The normalized spacial score (nSPS) is 22.9. The van der Waals surface area contributed by atoms with E-state index in [9.17, 15) is 19.5 Å². The molecule has 1 saturated heterocycles. The summed E-state index contributed by atoms with van der Waals surface area (Å²) in [5.74, 6) is -0.426. The molecule has 3 atom stereocenters. The van der Waals surface area contributed by atoms with Crippen LogP contribution in [0.2, 0.25) is 0 Å². The lowest BCUT2D eigenvalue weighted by Crippen LogP contribution is -2.44. The summed E-state index contributed by atoms with van der Waals surface area (Å²) in [5, 5.41) is 14.6. The third-order valence-corrected chi connectivity index (χ3v) is 6.05. The molecule has 1 saturated carbocycles. The fourth-order valence-electron chi connectivity index (χ4n) is 4.50. The van der Waals surface area contributed by atoms with Gasteiger partial charge in [-0.25, -0.2) is 0 Å². The molecule has 2 aromatic rings. The number of aliphatic hydroxyl groups is 1. The van der Waals surface area contributed by atoms with E-state index in [4.69, 9.17) is 5.73 Å². The van der Waals surface area contributed by atoms with Crippen molar-refractivity contribution in [3.63, 3.8) is 0 Å². The van der Waals surface area contributed by atoms with Crippen LogP contribution in [-0.4, -0.2) is 60.1 Å². The van der Waals surface area contributed by atoms with Crippen molar-refractivity contribution in [1.82, 2.24) is 19.7 Å². The van der Waals surface area contributed by atoms with E-state index in [0.29, 0.717) is 42.5 Å². The molecule has 1 aliphatic heterocycles. The fourth-order valence-corrected chi connectivity index (χ4v) is 4.50. The molecule has 9 heteroatoms. The zero-order chi connectivity index (χ0) is 21.6. The van der Waals surface area contributed by atoms with Gasteiger partial charge in [0.05, 0.1) is 23.4 Å². The number of pyridine rings is 1. The van der Waals surface area contributed by atoms with Crippen molar-refractivity contribution in [1.29, 1.82) is 0 Å². The molecule has 0 radical (unpaired) electrons. The van der Waals surface area contributed by atoms with Crippen molar-refractivity contribution in [2.24, 2.45) is 11.7 Å². The smallest absolute Gasteiger partial charge is 0.269 e. The summed E-state index contributed by atoms with van der Waals surface area (Å²) in [6, 6.07) is 1.33. The minimum Gasteiger partial charge on any atom is -0.390 e. The van der Waals surface area contributed by atoms with Gasteiger partial charge in [0.2, 0.25) is 5.91 Å². The maximum absolute atomic E-state index is 13.2. The van der Waals surface area contributed by atoms with Gasteiger partial charge in [0.25, 0.3) is 5.91 Å². The standard InChI is InChI=1S/C21H27N5O4/c1-21(2,30)6-3-4-17(27)15-9-12-8-14(12)26(15)18(28)11-25-16-10-23-7-5-13(16)19(24-25)20(22)29/h5,7,10,12,14-15,30H,3-4,6,8-9,11H2,1-2H3,(H2,22,29)/t12-,14-,15+/m1/s1. The summed E-state index contributed by atoms with van der Waals surface area (Å²) in [4.78, 5) is 43.4. The van der Waals surface area contributed by atoms with Crippen LogP contribution in [0.3, 0.4) is 0 Å². The van der Waals surface area contributed by atoms with Crippen LogP contribution >= 0.6 is 0 Å². The van der Waals surface area contributed by atoms with E-state index in [0.717, 1.165) is 6.42 Å². The van der Waals surface area contributed by atoms with Gasteiger partial charge >= 0.3 is 0 Å². The molecule has 0 bridgehead atoms. The van der Waals surface area contributed by atoms with Gasteiger partial charge in [-0.3, -0.25) is 24.0 Å². The molecular formula is C21H27N5O4. The Kier molecular flexibility index (Phi) is 5.09. The van der Waals surface area contributed by atoms with Gasteiger partial charge in [-0.1, -0.05) is 0 Å². The Morgan fingerprint density at radius 2 is 2.07 bits per heavy atom. The molecule has 2 aromatic heterocycles. The maximum Gasteiger partial charge on any atom is 0.269 e. The second kappa shape index (κ2) is 7.46. The minimum absolute atomic E-state index is 0.0459. The van der Waals surface area contributed by atoms with Crippen LogP contribution in [0.5, 0.6) is 0 Å². The lowest BCUT2D eigenvalue weighted by Gasteiger charge is -2.27. The highest BCUT2D eigenvalue weighted by Crippen LogP contribution is 2.48. The van der Waals surface area contributed by atoms with Crippen LogP contribution in [0.1, 0.15) is 56.4 Å². The van der Waals surface area contributed by atoms with Gasteiger partial charge in [0.15, 0.2) is 11.5 Å². The lowest BCUT2D eigenvalue weighted by molar-refractivity contribution is -0.139. The highest BCUT2D eigenvalue weighted by molar-refractivity contribution is 6.04. The summed E-state index contributed by atoms with van der Waals surface area (Å²) in [7, 11) is 0. The van der Waals surface area contributed by atoms with Crippen molar-refractivity contribution in [2.45, 2.75) is 70.2 Å². The molecule has 9 nitrogen and oxygen atoms in total. The highest BCUT2D eigenvalue weighted by atomic mass is 16.3. The Bertz CT molecular complexity index is 1010. The number of likely N-dealkylation sites (tertiary alicyclic amines) is 1. The number of aromatic nitrogens is 3. The number of nitrogens with two attached hydrogens (primary N) is 1. The SMILES string of the molecule is CC(C)(O)CCCC(=O)[C@@H]1C[C@H]2C[C@H]2N1C(=O)Cn1nc(C(N)=O)c2ccncc21. The third kappa shape index (κ3) is 3.94. The summed E-state index contributed by atoms with van der Waals surface area (Å²) in [5.41, 5.74) is 5.27. The number of ketones is 1. The number of hydrogen-bond donors (Lipinski definition) is 2. The number of amides is 2. The van der Waals surface area contributed by atoms with Crippen molar-refractivity contribution >= 4 is 28.5 Å². The number of rotatable bonds is 8. The van der Waals surface area contributed by atoms with Crippen LogP contribution in [0.4, 0.5) is 0 Å². The first-order chi connectivity index (χ1) is 14.2. The third-order valence-electron chi connectivity index (χ3n) is 6.05. The highest BCUT2D eigenvalue weighted by Gasteiger charge is 2.55. The van der Waals surface area contributed by atoms with Crippen LogP contribution in [-0.2, 0) is 16.1 Å². The number of Topliss-reactive ketones (excluding diaryl/α,β-unsaturated/α-hetero) is 1. The number of carbonyl (C=O) groups is 3. The molecule has 2 aliphatic rings. The second-order valence-corrected chi connectivity index (χ2v) is 9.01. The average molecular weight is 413 g/mol. The van der Waals surface area contributed by atoms with E-state index in [2.05, 4.69) is 10.1 Å². The van der Waals surface area contributed by atoms with E-state index in [1.807, 2.05) is 0 Å². The summed E-state index contributed by atoms with van der Waals surface area (Å²) in [6.07, 6.45) is 6.19. The van der Waals surface area contributed by atoms with Crippen molar-refractivity contribution in [3.8, 4) is 0 Å². The van der Waals surface area contributed by atoms with Crippen molar-refractivity contribution in [3.05, 3.63) is 24.2 Å². The Labute approximate surface area is 174 Å². The predicted molar refractivity (Wildman–Crippen MR) is 108 cm³/mol. The lowest BCUT2D eigenvalue weighted by atomic mass is 9.97. The molecule has 30 heavy (non-hydrogen) atoms. The van der Waals surface area contributed by atoms with Crippen LogP contribution < -0.4 is 5.73 Å². The van der Waals surface area contributed by atoms with E-state index < -0.39 is 17.6 Å². The van der Waals surface area contributed by atoms with Gasteiger partial charge < -0.3 is 15.7 Å². The fraction of sp³-hybridized carbons (Fsp3) is 0.571. The number of hydrogen-bond acceptors (Lipinski definition) is 6. The van der Waals surface area contributed by atoms with Gasteiger partial charge in [-0.15, -0.1) is 0 Å². The zero-order valence-corrected chi connectivity index (χ0v) is 17.2. The topological polar surface area (TPSA) is 131 Å². The quantitative estimate of drug-likeness (QED) is 0.664. The first kappa shape index (κ1) is 20.5. The molecule has 160 valence electrons. The molecule has 0 aromatic carbocycles. The Balaban J connectivity index is 1.49. The average Bonchev–Trinajstić information content (AvgIpc) is 3.17. The van der Waals surface area contributed by atoms with Crippen LogP contribution in [0.25, 0.3) is 10.9 Å². The van der Waals surface area contributed by atoms with Crippen molar-refractivity contribution < 1.29 is 19.5 Å². The number of carbonyl (C=O) groups excluding carboxylic acids is 3. The Hall–Kier alpha value is -2.81. The first-order valence-corrected chi connectivity index (χ1v) is 10.3. The predicted octanol–water partition coefficient (Wildman–Crippen LogP) is 1.03. The summed E-state index contributed by atoms with van der Waals surface area (Å²) in [6.45, 7) is 3.37. The largest absolute Gasteiger partial charge is 0.390 e. The molecule has 3 heterocycles. The second-order valence-electron chi connectivity index (χ2n) is 9.01. The Morgan fingerprint density at radius 1 is 1.30 bits per heavy atom. The maximum atomic E-state index is 13.2. The molecule has 0 spiro atoms. The number of piperidine rings is 1. The zero-order valence-electron chi connectivity index (χ0n) is 17.2. The van der Waals surface area contributed by atoms with Gasteiger partial charge in [0.1, 0.15) is 6.54 Å². The molecule has 2 fully saturated rings. The van der Waals surface area contributed by atoms with Crippen molar-refractivity contribution in [2.75, 3.05) is 0 Å². The van der Waals surface area contributed by atoms with Gasteiger partial charge in [-0.2, -0.15) is 5.10 Å². The molecular weight excluding hydrogens is 386 g/mol. The van der Waals surface area contributed by atoms with Gasteiger partial charge in [0, 0.05) is 24.0 Å². The molecule has 3 N–H and O–H groups in total. The first-order valence-electron chi connectivity index (χ1n) is 10.3. The van der Waals surface area contributed by atoms with Gasteiger partial charge in [-0.05, 0) is 51.5 Å². The summed E-state index contributed by atoms with van der Waals surface area (Å²) < 4.78 is 1.44. The molecule has 4 rings (SSSR count). The Morgan fingerprint density at radius 3 is 2.77 bits per heavy atom. The van der Waals surface area contributed by atoms with E-state index in [-0.39, 0.29) is 30.0 Å².